The highest BCUT2D eigenvalue weighted by Gasteiger charge is 2.04. The van der Waals surface area contributed by atoms with Crippen molar-refractivity contribution < 1.29 is 18.5 Å². The van der Waals surface area contributed by atoms with Gasteiger partial charge in [-0.05, 0) is 0 Å². The molecule has 0 aliphatic heterocycles. The Balaban J connectivity index is 3.37. The third kappa shape index (κ3) is 6.30. The molecule has 0 heterocycles. The first-order chi connectivity index (χ1) is 5.70. The molecule has 72 valence electrons. The quantitative estimate of drug-likeness (QED) is 0.556. The van der Waals surface area contributed by atoms with Crippen LogP contribution in [0.3, 0.4) is 0 Å². The number of esters is 1. The van der Waals surface area contributed by atoms with Crippen LogP contribution in [0.4, 0.5) is 0 Å². The van der Waals surface area contributed by atoms with Gasteiger partial charge in [0.05, 0.1) is 20.1 Å². The van der Waals surface area contributed by atoms with E-state index in [1.807, 2.05) is 0 Å². The lowest BCUT2D eigenvalue weighted by atomic mass is 10.5. The van der Waals surface area contributed by atoms with E-state index < -0.39 is 10.8 Å². The van der Waals surface area contributed by atoms with Crippen molar-refractivity contribution in [2.45, 2.75) is 6.42 Å². The van der Waals surface area contributed by atoms with E-state index in [-0.39, 0.29) is 12.4 Å². The van der Waals surface area contributed by atoms with E-state index in [0.717, 1.165) is 0 Å². The van der Waals surface area contributed by atoms with Crippen LogP contribution in [0.15, 0.2) is 0 Å². The Bertz CT molecular complexity index is 157. The van der Waals surface area contributed by atoms with Crippen LogP contribution in [0.25, 0.3) is 0 Å². The summed E-state index contributed by atoms with van der Waals surface area (Å²) in [6, 6.07) is 0. The molecule has 1 atom stereocenters. The van der Waals surface area contributed by atoms with Crippen molar-refractivity contribution >= 4 is 16.8 Å². The number of hydrogen-bond donors (Lipinski definition) is 0. The molecule has 0 aliphatic carbocycles. The average molecular weight is 194 g/mol. The van der Waals surface area contributed by atoms with E-state index in [1.54, 1.807) is 7.11 Å². The topological polar surface area (TPSA) is 52.6 Å². The SMILES string of the molecule is COCCS(=O)CCC(=O)OC. The molecular formula is C7H14O4S. The number of methoxy groups -OCH3 is 2. The lowest BCUT2D eigenvalue weighted by Crippen LogP contribution is -2.12. The fraction of sp³-hybridized carbons (Fsp3) is 0.857. The normalized spacial score (nSPS) is 12.5. The van der Waals surface area contributed by atoms with E-state index >= 15 is 0 Å². The van der Waals surface area contributed by atoms with Crippen LogP contribution in [-0.4, -0.2) is 42.5 Å². The Hall–Kier alpha value is -0.420. The third-order valence-electron chi connectivity index (χ3n) is 1.28. The molecule has 0 aromatic rings. The minimum Gasteiger partial charge on any atom is -0.469 e. The smallest absolute Gasteiger partial charge is 0.306 e. The second-order valence-electron chi connectivity index (χ2n) is 2.17. The highest BCUT2D eigenvalue weighted by molar-refractivity contribution is 7.85. The van der Waals surface area contributed by atoms with Crippen LogP contribution in [0.5, 0.6) is 0 Å². The van der Waals surface area contributed by atoms with Gasteiger partial charge in [-0.3, -0.25) is 9.00 Å². The van der Waals surface area contributed by atoms with Crippen molar-refractivity contribution in [1.82, 2.24) is 0 Å². The van der Waals surface area contributed by atoms with Gasteiger partial charge in [0, 0.05) is 29.4 Å². The zero-order valence-corrected chi connectivity index (χ0v) is 8.19. The molecule has 0 N–H and O–H groups in total. The second-order valence-corrected chi connectivity index (χ2v) is 3.86. The molecule has 0 spiro atoms. The number of carbonyl (C=O) groups is 1. The Morgan fingerprint density at radius 1 is 1.33 bits per heavy atom. The highest BCUT2D eigenvalue weighted by Crippen LogP contribution is 1.90. The number of hydrogen-bond acceptors (Lipinski definition) is 4. The van der Waals surface area contributed by atoms with Crippen molar-refractivity contribution in [2.24, 2.45) is 0 Å². The summed E-state index contributed by atoms with van der Waals surface area (Å²) >= 11 is 0. The van der Waals surface area contributed by atoms with E-state index in [4.69, 9.17) is 4.74 Å². The molecule has 1 unspecified atom stereocenters. The Kier molecular flexibility index (Phi) is 6.99. The molecule has 0 rings (SSSR count). The van der Waals surface area contributed by atoms with E-state index in [1.165, 1.54) is 7.11 Å². The Labute approximate surface area is 74.7 Å². The summed E-state index contributed by atoms with van der Waals surface area (Å²) in [7, 11) is 1.91. The molecule has 0 aliphatic rings. The molecule has 0 radical (unpaired) electrons. The summed E-state index contributed by atoms with van der Waals surface area (Å²) in [6.07, 6.45) is 0.215. The second kappa shape index (κ2) is 7.24. The summed E-state index contributed by atoms with van der Waals surface area (Å²) in [5.74, 6) is 0.518. The maximum absolute atomic E-state index is 11.0. The maximum Gasteiger partial charge on any atom is 0.306 e. The van der Waals surface area contributed by atoms with Gasteiger partial charge >= 0.3 is 5.97 Å². The first-order valence-corrected chi connectivity index (χ1v) is 5.10. The lowest BCUT2D eigenvalue weighted by molar-refractivity contribution is -0.140. The number of ether oxygens (including phenoxy) is 2. The van der Waals surface area contributed by atoms with Gasteiger partial charge in [-0.15, -0.1) is 0 Å². The van der Waals surface area contributed by atoms with Gasteiger partial charge in [0.25, 0.3) is 0 Å². The summed E-state index contributed by atoms with van der Waals surface area (Å²) in [5, 5.41) is 0. The number of rotatable bonds is 6. The largest absolute Gasteiger partial charge is 0.469 e. The molecule has 0 amide bonds. The van der Waals surface area contributed by atoms with Crippen molar-refractivity contribution in [3.63, 3.8) is 0 Å². The first kappa shape index (κ1) is 11.6. The van der Waals surface area contributed by atoms with Crippen molar-refractivity contribution in [1.29, 1.82) is 0 Å². The van der Waals surface area contributed by atoms with Crippen LogP contribution in [0.2, 0.25) is 0 Å². The molecule has 0 aromatic heterocycles. The summed E-state index contributed by atoms with van der Waals surface area (Å²) in [5.41, 5.74) is 0. The van der Waals surface area contributed by atoms with Gasteiger partial charge in [-0.2, -0.15) is 0 Å². The van der Waals surface area contributed by atoms with Crippen molar-refractivity contribution in [2.75, 3.05) is 32.3 Å². The number of carbonyl (C=O) groups excluding carboxylic acids is 1. The molecule has 0 fully saturated rings. The Morgan fingerprint density at radius 2 is 2.00 bits per heavy atom. The molecule has 5 heteroatoms. The monoisotopic (exact) mass is 194 g/mol. The minimum absolute atomic E-state index is 0.215. The van der Waals surface area contributed by atoms with E-state index in [0.29, 0.717) is 18.1 Å². The van der Waals surface area contributed by atoms with Gasteiger partial charge in [-0.25, -0.2) is 0 Å². The molecule has 0 saturated carbocycles. The Morgan fingerprint density at radius 3 is 2.50 bits per heavy atom. The van der Waals surface area contributed by atoms with Gasteiger partial charge in [0.1, 0.15) is 0 Å². The fourth-order valence-corrected chi connectivity index (χ4v) is 1.53. The van der Waals surface area contributed by atoms with E-state index in [2.05, 4.69) is 4.74 Å². The molecule has 0 aromatic carbocycles. The standard InChI is InChI=1S/C7H14O4S/c1-10-4-6-12(9)5-3-7(8)11-2/h3-6H2,1-2H3. The predicted molar refractivity (Wildman–Crippen MR) is 46.4 cm³/mol. The van der Waals surface area contributed by atoms with Crippen LogP contribution >= 0.6 is 0 Å². The van der Waals surface area contributed by atoms with Gasteiger partial charge in [0.2, 0.25) is 0 Å². The molecule has 12 heavy (non-hydrogen) atoms. The van der Waals surface area contributed by atoms with Gasteiger partial charge in [-0.1, -0.05) is 0 Å². The molecular weight excluding hydrogens is 180 g/mol. The maximum atomic E-state index is 11.0. The zero-order valence-electron chi connectivity index (χ0n) is 7.37. The van der Waals surface area contributed by atoms with Crippen molar-refractivity contribution in [3.8, 4) is 0 Å². The van der Waals surface area contributed by atoms with Crippen LogP contribution in [0, 0.1) is 0 Å². The third-order valence-corrected chi connectivity index (χ3v) is 2.56. The molecule has 0 bridgehead atoms. The van der Waals surface area contributed by atoms with Gasteiger partial charge in [0.15, 0.2) is 0 Å². The van der Waals surface area contributed by atoms with Crippen LogP contribution in [-0.2, 0) is 25.1 Å². The summed E-state index contributed by atoms with van der Waals surface area (Å²) in [6.45, 7) is 0.466. The summed E-state index contributed by atoms with van der Waals surface area (Å²) < 4.78 is 20.2. The average Bonchev–Trinajstić information content (AvgIpc) is 2.10. The zero-order chi connectivity index (χ0) is 9.40. The van der Waals surface area contributed by atoms with Crippen LogP contribution < -0.4 is 0 Å². The molecule has 4 nitrogen and oxygen atoms in total. The van der Waals surface area contributed by atoms with Crippen molar-refractivity contribution in [3.05, 3.63) is 0 Å². The molecule has 0 saturated heterocycles. The summed E-state index contributed by atoms with van der Waals surface area (Å²) in [4.78, 5) is 10.6. The minimum atomic E-state index is -0.968. The first-order valence-electron chi connectivity index (χ1n) is 3.61. The van der Waals surface area contributed by atoms with E-state index in [9.17, 15) is 9.00 Å². The fourth-order valence-electron chi connectivity index (χ4n) is 0.578. The predicted octanol–water partition coefficient (Wildman–Crippen LogP) is -0.0554. The van der Waals surface area contributed by atoms with Gasteiger partial charge < -0.3 is 9.47 Å². The van der Waals surface area contributed by atoms with Crippen LogP contribution in [0.1, 0.15) is 6.42 Å². The highest BCUT2D eigenvalue weighted by atomic mass is 32.2. The lowest BCUT2D eigenvalue weighted by Gasteiger charge is -2.00.